The third-order valence-corrected chi connectivity index (χ3v) is 5.79. The van der Waals surface area contributed by atoms with Crippen LogP contribution in [0.15, 0.2) is 127 Å². The number of ketones is 1. The molecule has 0 unspecified atom stereocenters. The number of carbonyl (C=O) groups excluding carboxylic acids is 1. The number of hydrogen-bond donors (Lipinski definition) is 0. The molecular weight excluding hydrogens is 376 g/mol. The highest BCUT2D eigenvalue weighted by atomic mass is 16.1. The van der Waals surface area contributed by atoms with Gasteiger partial charge in [0.05, 0.1) is 0 Å². The molecule has 0 aliphatic carbocycles. The van der Waals surface area contributed by atoms with E-state index in [1.807, 2.05) is 54.6 Å². The van der Waals surface area contributed by atoms with Crippen molar-refractivity contribution in [2.75, 3.05) is 0 Å². The average Bonchev–Trinajstić information content (AvgIpc) is 2.85. The van der Waals surface area contributed by atoms with Crippen LogP contribution in [-0.4, -0.2) is 5.78 Å². The molecule has 1 nitrogen and oxygen atoms in total. The second-order valence-electron chi connectivity index (χ2n) is 7.70. The van der Waals surface area contributed by atoms with Crippen molar-refractivity contribution in [2.24, 2.45) is 0 Å². The summed E-state index contributed by atoms with van der Waals surface area (Å²) < 4.78 is 0. The molecule has 0 spiro atoms. The van der Waals surface area contributed by atoms with Crippen LogP contribution in [0.2, 0.25) is 0 Å². The summed E-state index contributed by atoms with van der Waals surface area (Å²) in [5.41, 5.74) is 5.03. The van der Waals surface area contributed by atoms with Crippen LogP contribution in [0.1, 0.15) is 38.5 Å². The minimum absolute atomic E-state index is 0.0378. The van der Waals surface area contributed by atoms with Gasteiger partial charge in [-0.1, -0.05) is 127 Å². The first-order valence-corrected chi connectivity index (χ1v) is 10.5. The van der Waals surface area contributed by atoms with Gasteiger partial charge in [0.1, 0.15) is 0 Å². The van der Waals surface area contributed by atoms with Crippen molar-refractivity contribution < 1.29 is 4.79 Å². The lowest BCUT2D eigenvalue weighted by Crippen LogP contribution is -2.08. The SMILES string of the molecule is O=C(c1ccccc1)c1cccc2cccc(C(c3ccccc3)c3ccccc3)c12. The van der Waals surface area contributed by atoms with Crippen LogP contribution < -0.4 is 0 Å². The van der Waals surface area contributed by atoms with Crippen molar-refractivity contribution in [1.82, 2.24) is 0 Å². The largest absolute Gasteiger partial charge is 0.289 e. The highest BCUT2D eigenvalue weighted by Gasteiger charge is 2.22. The Labute approximate surface area is 182 Å². The Kier molecular flexibility index (Phi) is 5.16. The second kappa shape index (κ2) is 8.41. The Morgan fingerprint density at radius 1 is 0.516 bits per heavy atom. The summed E-state index contributed by atoms with van der Waals surface area (Å²) in [5.74, 6) is 0.0920. The van der Waals surface area contributed by atoms with E-state index in [4.69, 9.17) is 0 Å². The molecule has 0 aliphatic rings. The van der Waals surface area contributed by atoms with E-state index in [0.717, 1.165) is 21.9 Å². The molecule has 1 heteroatoms. The van der Waals surface area contributed by atoms with Gasteiger partial charge in [-0.25, -0.2) is 0 Å². The van der Waals surface area contributed by atoms with E-state index in [1.165, 1.54) is 11.1 Å². The van der Waals surface area contributed by atoms with Crippen LogP contribution >= 0.6 is 0 Å². The molecule has 0 bridgehead atoms. The smallest absolute Gasteiger partial charge is 0.193 e. The van der Waals surface area contributed by atoms with Gasteiger partial charge in [-0.3, -0.25) is 4.79 Å². The van der Waals surface area contributed by atoms with Gasteiger partial charge in [-0.15, -0.1) is 0 Å². The molecule has 5 aromatic carbocycles. The zero-order valence-electron chi connectivity index (χ0n) is 17.1. The van der Waals surface area contributed by atoms with Gasteiger partial charge < -0.3 is 0 Å². The minimum atomic E-state index is 0.0378. The van der Waals surface area contributed by atoms with E-state index >= 15 is 0 Å². The molecule has 5 aromatic rings. The number of carbonyl (C=O) groups is 1. The number of fused-ring (bicyclic) bond motifs is 1. The monoisotopic (exact) mass is 398 g/mol. The van der Waals surface area contributed by atoms with E-state index in [1.54, 1.807) is 0 Å². The molecule has 0 fully saturated rings. The first-order chi connectivity index (χ1) is 15.3. The van der Waals surface area contributed by atoms with Crippen molar-refractivity contribution in [3.8, 4) is 0 Å². The maximum absolute atomic E-state index is 13.5. The molecule has 148 valence electrons. The summed E-state index contributed by atoms with van der Waals surface area (Å²) in [6.07, 6.45) is 0. The number of hydrogen-bond acceptors (Lipinski definition) is 1. The second-order valence-corrected chi connectivity index (χ2v) is 7.70. The Morgan fingerprint density at radius 3 is 1.61 bits per heavy atom. The highest BCUT2D eigenvalue weighted by Crippen LogP contribution is 2.37. The third-order valence-electron chi connectivity index (χ3n) is 5.79. The molecule has 0 amide bonds. The molecule has 0 N–H and O–H groups in total. The van der Waals surface area contributed by atoms with Crippen molar-refractivity contribution in [3.63, 3.8) is 0 Å². The normalized spacial score (nSPS) is 11.0. The summed E-state index contributed by atoms with van der Waals surface area (Å²) >= 11 is 0. The van der Waals surface area contributed by atoms with Gasteiger partial charge in [-0.2, -0.15) is 0 Å². The molecule has 0 atom stereocenters. The van der Waals surface area contributed by atoms with E-state index in [9.17, 15) is 4.79 Å². The number of rotatable bonds is 5. The minimum Gasteiger partial charge on any atom is -0.289 e. The van der Waals surface area contributed by atoms with Gasteiger partial charge in [0.15, 0.2) is 5.78 Å². The van der Waals surface area contributed by atoms with Gasteiger partial charge in [0.25, 0.3) is 0 Å². The Hall–Kier alpha value is -3.97. The Morgan fingerprint density at radius 2 is 1.03 bits per heavy atom. The molecule has 31 heavy (non-hydrogen) atoms. The topological polar surface area (TPSA) is 17.1 Å². The zero-order chi connectivity index (χ0) is 21.0. The molecule has 0 saturated carbocycles. The molecule has 0 aliphatic heterocycles. The highest BCUT2D eigenvalue weighted by molar-refractivity contribution is 6.17. The molecule has 0 radical (unpaired) electrons. The Balaban J connectivity index is 1.78. The van der Waals surface area contributed by atoms with Crippen LogP contribution in [0, 0.1) is 0 Å². The standard InChI is InChI=1S/C30H22O/c31-30(25-16-8-3-9-17-25)27-21-11-19-24-18-10-20-26(29(24)27)28(22-12-4-1-5-13-22)23-14-6-2-7-15-23/h1-21,28H. The average molecular weight is 399 g/mol. The lowest BCUT2D eigenvalue weighted by molar-refractivity contribution is 0.104. The van der Waals surface area contributed by atoms with E-state index in [-0.39, 0.29) is 11.7 Å². The van der Waals surface area contributed by atoms with Crippen molar-refractivity contribution in [1.29, 1.82) is 0 Å². The Bertz CT molecular complexity index is 1280. The van der Waals surface area contributed by atoms with Gasteiger partial charge in [-0.05, 0) is 27.5 Å². The lowest BCUT2D eigenvalue weighted by Gasteiger charge is -2.22. The van der Waals surface area contributed by atoms with Crippen LogP contribution in [0.25, 0.3) is 10.8 Å². The van der Waals surface area contributed by atoms with Crippen LogP contribution in [-0.2, 0) is 0 Å². The van der Waals surface area contributed by atoms with E-state index in [0.29, 0.717) is 5.56 Å². The molecule has 0 saturated heterocycles. The maximum atomic E-state index is 13.5. The predicted octanol–water partition coefficient (Wildman–Crippen LogP) is 7.25. The van der Waals surface area contributed by atoms with Crippen molar-refractivity contribution in [3.05, 3.63) is 155 Å². The fraction of sp³-hybridized carbons (Fsp3) is 0.0333. The fourth-order valence-corrected chi connectivity index (χ4v) is 4.39. The van der Waals surface area contributed by atoms with E-state index in [2.05, 4.69) is 72.8 Å². The first-order valence-electron chi connectivity index (χ1n) is 10.5. The summed E-state index contributed by atoms with van der Waals surface area (Å²) in [7, 11) is 0. The quantitative estimate of drug-likeness (QED) is 0.225. The van der Waals surface area contributed by atoms with Crippen LogP contribution in [0.3, 0.4) is 0 Å². The predicted molar refractivity (Wildman–Crippen MR) is 128 cm³/mol. The zero-order valence-corrected chi connectivity index (χ0v) is 17.1. The van der Waals surface area contributed by atoms with E-state index < -0.39 is 0 Å². The first kappa shape index (κ1) is 19.0. The van der Waals surface area contributed by atoms with Crippen LogP contribution in [0.5, 0.6) is 0 Å². The summed E-state index contributed by atoms with van der Waals surface area (Å²) in [4.78, 5) is 13.5. The molecule has 5 rings (SSSR count). The maximum Gasteiger partial charge on any atom is 0.193 e. The summed E-state index contributed by atoms with van der Waals surface area (Å²) in [5, 5.41) is 2.10. The van der Waals surface area contributed by atoms with Crippen molar-refractivity contribution >= 4 is 16.6 Å². The summed E-state index contributed by atoms with van der Waals surface area (Å²) in [6.45, 7) is 0. The number of benzene rings is 5. The summed E-state index contributed by atoms with van der Waals surface area (Å²) in [6, 6.07) is 42.9. The van der Waals surface area contributed by atoms with Gasteiger partial charge in [0.2, 0.25) is 0 Å². The molecule has 0 heterocycles. The van der Waals surface area contributed by atoms with Crippen LogP contribution in [0.4, 0.5) is 0 Å². The molecular formula is C30H22O. The van der Waals surface area contributed by atoms with Crippen molar-refractivity contribution in [2.45, 2.75) is 5.92 Å². The van der Waals surface area contributed by atoms with Gasteiger partial charge in [0, 0.05) is 17.0 Å². The van der Waals surface area contributed by atoms with Gasteiger partial charge >= 0.3 is 0 Å². The lowest BCUT2D eigenvalue weighted by atomic mass is 9.81. The molecule has 0 aromatic heterocycles. The third kappa shape index (κ3) is 3.67. The fourth-order valence-electron chi connectivity index (χ4n) is 4.39.